The predicted octanol–water partition coefficient (Wildman–Crippen LogP) is 1.44. The Bertz CT molecular complexity index is 327. The third-order valence-corrected chi connectivity index (χ3v) is 3.26. The molecular weight excluding hydrogens is 224 g/mol. The Morgan fingerprint density at radius 1 is 1.38 bits per heavy atom. The number of halogens is 1. The van der Waals surface area contributed by atoms with Crippen molar-refractivity contribution in [2.75, 3.05) is 13.1 Å². The number of hydrogen-bond donors (Lipinski definition) is 1. The van der Waals surface area contributed by atoms with Gasteiger partial charge in [0.2, 0.25) is 0 Å². The summed E-state index contributed by atoms with van der Waals surface area (Å²) in [7, 11) is 0. The molecule has 0 aromatic carbocycles. The molecular formula is C11H17ClN4. The smallest absolute Gasteiger partial charge is 0.147 e. The molecule has 1 atom stereocenters. The Morgan fingerprint density at radius 2 is 2.25 bits per heavy atom. The molecule has 1 aromatic rings. The van der Waals surface area contributed by atoms with Crippen LogP contribution in [0.25, 0.3) is 0 Å². The fraction of sp³-hybridized carbons (Fsp3) is 0.636. The van der Waals surface area contributed by atoms with Crippen molar-refractivity contribution in [3.8, 4) is 0 Å². The molecule has 2 N–H and O–H groups in total. The third kappa shape index (κ3) is 2.90. The molecule has 1 aliphatic rings. The Labute approximate surface area is 101 Å². The number of hydrogen-bond acceptors (Lipinski definition) is 4. The lowest BCUT2D eigenvalue weighted by Gasteiger charge is -2.34. The van der Waals surface area contributed by atoms with Crippen LogP contribution < -0.4 is 5.73 Å². The van der Waals surface area contributed by atoms with Gasteiger partial charge in [-0.1, -0.05) is 18.0 Å². The molecule has 0 bridgehead atoms. The van der Waals surface area contributed by atoms with Gasteiger partial charge in [0.25, 0.3) is 0 Å². The quantitative estimate of drug-likeness (QED) is 0.869. The summed E-state index contributed by atoms with van der Waals surface area (Å²) >= 11 is 5.70. The van der Waals surface area contributed by atoms with Crippen LogP contribution in [0.1, 0.15) is 25.0 Å². The van der Waals surface area contributed by atoms with E-state index < -0.39 is 0 Å². The zero-order chi connectivity index (χ0) is 11.4. The maximum absolute atomic E-state index is 5.77. The zero-order valence-corrected chi connectivity index (χ0v) is 10.0. The van der Waals surface area contributed by atoms with Crippen LogP contribution in [0.3, 0.4) is 0 Å². The number of piperidine rings is 1. The highest BCUT2D eigenvalue weighted by molar-refractivity contribution is 6.29. The first-order valence-electron chi connectivity index (χ1n) is 5.70. The van der Waals surface area contributed by atoms with Crippen LogP contribution in [0.5, 0.6) is 0 Å². The van der Waals surface area contributed by atoms with Gasteiger partial charge in [-0.2, -0.15) is 0 Å². The third-order valence-electron chi connectivity index (χ3n) is 3.06. The highest BCUT2D eigenvalue weighted by atomic mass is 35.5. The number of aromatic nitrogens is 2. The Kier molecular flexibility index (Phi) is 4.09. The molecule has 88 valence electrons. The molecule has 1 aromatic heterocycles. The van der Waals surface area contributed by atoms with Crippen LogP contribution in [-0.2, 0) is 6.54 Å². The second kappa shape index (κ2) is 5.57. The summed E-state index contributed by atoms with van der Waals surface area (Å²) in [5.41, 5.74) is 6.74. The summed E-state index contributed by atoms with van der Waals surface area (Å²) in [6.07, 6.45) is 7.06. The minimum Gasteiger partial charge on any atom is -0.329 e. The molecule has 1 unspecified atom stereocenters. The van der Waals surface area contributed by atoms with E-state index in [1.54, 1.807) is 12.4 Å². The van der Waals surface area contributed by atoms with Gasteiger partial charge in [0.15, 0.2) is 0 Å². The Morgan fingerprint density at radius 3 is 2.94 bits per heavy atom. The topological polar surface area (TPSA) is 55.0 Å². The maximum Gasteiger partial charge on any atom is 0.147 e. The highest BCUT2D eigenvalue weighted by Crippen LogP contribution is 2.18. The number of likely N-dealkylation sites (tertiary alicyclic amines) is 1. The molecule has 2 rings (SSSR count). The molecule has 16 heavy (non-hydrogen) atoms. The van der Waals surface area contributed by atoms with Gasteiger partial charge in [0.1, 0.15) is 5.15 Å². The van der Waals surface area contributed by atoms with E-state index in [1.807, 2.05) is 0 Å². The lowest BCUT2D eigenvalue weighted by atomic mass is 10.0. The zero-order valence-electron chi connectivity index (χ0n) is 9.27. The molecule has 0 aliphatic carbocycles. The van der Waals surface area contributed by atoms with Crippen LogP contribution in [0.15, 0.2) is 12.4 Å². The van der Waals surface area contributed by atoms with Gasteiger partial charge in [-0.05, 0) is 19.4 Å². The van der Waals surface area contributed by atoms with Gasteiger partial charge >= 0.3 is 0 Å². The Hall–Kier alpha value is -0.710. The van der Waals surface area contributed by atoms with Crippen molar-refractivity contribution in [1.29, 1.82) is 0 Å². The molecule has 1 fully saturated rings. The number of nitrogens with zero attached hydrogens (tertiary/aromatic N) is 3. The molecule has 1 saturated heterocycles. The maximum atomic E-state index is 5.77. The van der Waals surface area contributed by atoms with E-state index in [-0.39, 0.29) is 0 Å². The van der Waals surface area contributed by atoms with E-state index in [1.165, 1.54) is 19.3 Å². The fourth-order valence-corrected chi connectivity index (χ4v) is 2.26. The molecule has 0 saturated carbocycles. The molecule has 0 amide bonds. The van der Waals surface area contributed by atoms with Crippen molar-refractivity contribution in [3.05, 3.63) is 23.2 Å². The van der Waals surface area contributed by atoms with Gasteiger partial charge in [0.05, 0.1) is 18.1 Å². The molecule has 2 heterocycles. The standard InChI is InChI=1S/C11H17ClN4/c12-11-7-14-9(6-15-11)8-16-4-2-1-3-10(16)5-13/h6-7,10H,1-5,8,13H2. The van der Waals surface area contributed by atoms with Gasteiger partial charge in [-0.25, -0.2) is 4.98 Å². The van der Waals surface area contributed by atoms with Crippen LogP contribution in [0, 0.1) is 0 Å². The van der Waals surface area contributed by atoms with E-state index in [4.69, 9.17) is 17.3 Å². The average Bonchev–Trinajstić information content (AvgIpc) is 2.33. The average molecular weight is 241 g/mol. The van der Waals surface area contributed by atoms with E-state index in [0.717, 1.165) is 25.3 Å². The summed E-state index contributed by atoms with van der Waals surface area (Å²) < 4.78 is 0. The molecule has 1 aliphatic heterocycles. The van der Waals surface area contributed by atoms with E-state index in [0.29, 0.717) is 11.2 Å². The van der Waals surface area contributed by atoms with Gasteiger partial charge in [-0.15, -0.1) is 0 Å². The molecule has 4 nitrogen and oxygen atoms in total. The van der Waals surface area contributed by atoms with Crippen molar-refractivity contribution >= 4 is 11.6 Å². The first kappa shape index (κ1) is 11.8. The van der Waals surface area contributed by atoms with Crippen molar-refractivity contribution in [2.24, 2.45) is 5.73 Å². The fourth-order valence-electron chi connectivity index (χ4n) is 2.16. The minimum atomic E-state index is 0.442. The van der Waals surface area contributed by atoms with Crippen molar-refractivity contribution in [1.82, 2.24) is 14.9 Å². The van der Waals surface area contributed by atoms with Crippen LogP contribution in [0.4, 0.5) is 0 Å². The minimum absolute atomic E-state index is 0.442. The van der Waals surface area contributed by atoms with Crippen molar-refractivity contribution < 1.29 is 0 Å². The van der Waals surface area contributed by atoms with Crippen LogP contribution in [-0.4, -0.2) is 34.0 Å². The van der Waals surface area contributed by atoms with Crippen LogP contribution in [0.2, 0.25) is 5.15 Å². The summed E-state index contributed by atoms with van der Waals surface area (Å²) in [5.74, 6) is 0. The monoisotopic (exact) mass is 240 g/mol. The largest absolute Gasteiger partial charge is 0.329 e. The Balaban J connectivity index is 1.99. The predicted molar refractivity (Wildman–Crippen MR) is 64.1 cm³/mol. The lowest BCUT2D eigenvalue weighted by Crippen LogP contribution is -2.43. The van der Waals surface area contributed by atoms with Crippen molar-refractivity contribution in [3.63, 3.8) is 0 Å². The molecule has 0 radical (unpaired) electrons. The van der Waals surface area contributed by atoms with Gasteiger partial charge in [0, 0.05) is 19.1 Å². The number of rotatable bonds is 3. The SMILES string of the molecule is NCC1CCCCN1Cc1cnc(Cl)cn1. The summed E-state index contributed by atoms with van der Waals surface area (Å²) in [6, 6.07) is 0.492. The first-order valence-corrected chi connectivity index (χ1v) is 6.08. The van der Waals surface area contributed by atoms with Gasteiger partial charge < -0.3 is 5.73 Å². The molecule has 5 heteroatoms. The normalized spacial score (nSPS) is 22.2. The second-order valence-corrected chi connectivity index (χ2v) is 4.57. The van der Waals surface area contributed by atoms with Gasteiger partial charge in [-0.3, -0.25) is 9.88 Å². The first-order chi connectivity index (χ1) is 7.79. The van der Waals surface area contributed by atoms with Crippen molar-refractivity contribution in [2.45, 2.75) is 31.8 Å². The highest BCUT2D eigenvalue weighted by Gasteiger charge is 2.21. The van der Waals surface area contributed by atoms with Crippen LogP contribution >= 0.6 is 11.6 Å². The summed E-state index contributed by atoms with van der Waals surface area (Å²) in [6.45, 7) is 2.65. The number of nitrogens with two attached hydrogens (primary N) is 1. The summed E-state index contributed by atoms with van der Waals surface area (Å²) in [4.78, 5) is 10.7. The lowest BCUT2D eigenvalue weighted by molar-refractivity contribution is 0.143. The molecule has 0 spiro atoms. The van der Waals surface area contributed by atoms with E-state index in [2.05, 4.69) is 14.9 Å². The van der Waals surface area contributed by atoms with E-state index in [9.17, 15) is 0 Å². The van der Waals surface area contributed by atoms with E-state index >= 15 is 0 Å². The second-order valence-electron chi connectivity index (χ2n) is 4.19. The summed E-state index contributed by atoms with van der Waals surface area (Å²) in [5, 5.41) is 0.442.